The fourth-order valence-corrected chi connectivity index (χ4v) is 5.76. The average molecular weight is 497 g/mol. The highest BCUT2D eigenvalue weighted by Crippen LogP contribution is 2.20. The van der Waals surface area contributed by atoms with Crippen LogP contribution in [-0.4, -0.2) is 24.6 Å². The van der Waals surface area contributed by atoms with Gasteiger partial charge in [0.25, 0.3) is 0 Å². The predicted octanol–water partition coefficient (Wildman–Crippen LogP) is 9.88. The summed E-state index contributed by atoms with van der Waals surface area (Å²) < 4.78 is 5.93. The van der Waals surface area contributed by atoms with Crippen molar-refractivity contribution < 1.29 is 4.74 Å². The quantitative estimate of drug-likeness (QED) is 0.135. The van der Waals surface area contributed by atoms with E-state index in [9.17, 15) is 0 Å². The van der Waals surface area contributed by atoms with Crippen LogP contribution < -0.4 is 4.74 Å². The standard InChI is InChI=1S/C31H52N2OSi/c1-5-6-7-8-9-10-11-12-13-16-19-28-26-32-31(33-27-28)29-20-22-30(23-21-29)34-24-17-14-15-18-25-35(2,3)4/h20-23,26-27H,5-19,24-25H2,1-4H3. The summed E-state index contributed by atoms with van der Waals surface area (Å²) in [6.07, 6.45) is 23.9. The molecule has 0 bridgehead atoms. The van der Waals surface area contributed by atoms with Gasteiger partial charge < -0.3 is 4.74 Å². The van der Waals surface area contributed by atoms with Crippen molar-refractivity contribution in [3.05, 3.63) is 42.2 Å². The zero-order chi connectivity index (χ0) is 25.2. The minimum atomic E-state index is -0.873. The van der Waals surface area contributed by atoms with E-state index in [0.717, 1.165) is 36.6 Å². The normalized spacial score (nSPS) is 11.7. The lowest BCUT2D eigenvalue weighted by Gasteiger charge is -2.14. The molecule has 0 amide bonds. The molecule has 0 aliphatic heterocycles. The van der Waals surface area contributed by atoms with Crippen LogP contribution in [0.5, 0.6) is 5.75 Å². The Kier molecular flexibility index (Phi) is 14.9. The second-order valence-electron chi connectivity index (χ2n) is 11.4. The summed E-state index contributed by atoms with van der Waals surface area (Å²) in [5.74, 6) is 1.74. The lowest BCUT2D eigenvalue weighted by atomic mass is 10.0. The molecule has 0 unspecified atom stereocenters. The van der Waals surface area contributed by atoms with Gasteiger partial charge in [0, 0.05) is 26.0 Å². The monoisotopic (exact) mass is 496 g/mol. The maximum absolute atomic E-state index is 5.93. The number of rotatable bonds is 20. The highest BCUT2D eigenvalue weighted by atomic mass is 28.3. The smallest absolute Gasteiger partial charge is 0.159 e. The maximum Gasteiger partial charge on any atom is 0.159 e. The molecular weight excluding hydrogens is 444 g/mol. The van der Waals surface area contributed by atoms with Crippen molar-refractivity contribution >= 4 is 8.07 Å². The number of hydrogen-bond acceptors (Lipinski definition) is 3. The van der Waals surface area contributed by atoms with E-state index in [1.807, 2.05) is 24.5 Å². The van der Waals surface area contributed by atoms with Gasteiger partial charge in [-0.3, -0.25) is 0 Å². The van der Waals surface area contributed by atoms with Gasteiger partial charge in [-0.05, 0) is 49.1 Å². The lowest BCUT2D eigenvalue weighted by molar-refractivity contribution is 0.305. The molecule has 1 aromatic heterocycles. The number of nitrogens with zero attached hydrogens (tertiary/aromatic N) is 2. The van der Waals surface area contributed by atoms with E-state index in [-0.39, 0.29) is 0 Å². The Morgan fingerprint density at radius 3 is 1.80 bits per heavy atom. The molecule has 196 valence electrons. The summed E-state index contributed by atoms with van der Waals surface area (Å²) in [5, 5.41) is 0. The fraction of sp³-hybridized carbons (Fsp3) is 0.677. The Labute approximate surface area is 217 Å². The van der Waals surface area contributed by atoms with Gasteiger partial charge in [-0.15, -0.1) is 0 Å². The fourth-order valence-electron chi connectivity index (χ4n) is 4.45. The van der Waals surface area contributed by atoms with Crippen LogP contribution in [0.4, 0.5) is 0 Å². The molecular formula is C31H52N2OSi. The molecule has 0 atom stereocenters. The van der Waals surface area contributed by atoms with Crippen LogP contribution in [0.15, 0.2) is 36.7 Å². The Hall–Kier alpha value is -1.68. The van der Waals surface area contributed by atoms with Crippen LogP contribution in [0.2, 0.25) is 25.7 Å². The van der Waals surface area contributed by atoms with E-state index in [2.05, 4.69) is 48.7 Å². The van der Waals surface area contributed by atoms with Crippen LogP contribution in [0.25, 0.3) is 11.4 Å². The first-order valence-electron chi connectivity index (χ1n) is 14.5. The van der Waals surface area contributed by atoms with Crippen LogP contribution in [-0.2, 0) is 6.42 Å². The van der Waals surface area contributed by atoms with Gasteiger partial charge in [-0.2, -0.15) is 0 Å². The molecule has 0 aliphatic rings. The molecule has 0 spiro atoms. The van der Waals surface area contributed by atoms with E-state index >= 15 is 0 Å². The van der Waals surface area contributed by atoms with Crippen LogP contribution in [0.1, 0.15) is 102 Å². The summed E-state index contributed by atoms with van der Waals surface area (Å²) in [7, 11) is -0.873. The van der Waals surface area contributed by atoms with E-state index in [1.165, 1.54) is 95.1 Å². The molecule has 0 fully saturated rings. The third kappa shape index (κ3) is 14.5. The maximum atomic E-state index is 5.93. The minimum absolute atomic E-state index is 0.797. The van der Waals surface area contributed by atoms with Crippen molar-refractivity contribution in [2.45, 2.75) is 129 Å². The Balaban J connectivity index is 1.57. The number of aromatic nitrogens is 2. The number of ether oxygens (including phenoxy) is 1. The third-order valence-electron chi connectivity index (χ3n) is 6.73. The second kappa shape index (κ2) is 17.7. The van der Waals surface area contributed by atoms with E-state index in [0.29, 0.717) is 0 Å². The first kappa shape index (κ1) is 29.5. The molecule has 3 nitrogen and oxygen atoms in total. The predicted molar refractivity (Wildman–Crippen MR) is 155 cm³/mol. The van der Waals surface area contributed by atoms with Crippen molar-refractivity contribution in [3.8, 4) is 17.1 Å². The van der Waals surface area contributed by atoms with Gasteiger partial charge in [0.1, 0.15) is 5.75 Å². The SMILES string of the molecule is CCCCCCCCCCCCc1cnc(-c2ccc(OCCCCCC[Si](C)(C)C)cc2)nc1. The minimum Gasteiger partial charge on any atom is -0.494 e. The van der Waals surface area contributed by atoms with Crippen molar-refractivity contribution in [2.24, 2.45) is 0 Å². The summed E-state index contributed by atoms with van der Waals surface area (Å²) in [4.78, 5) is 9.23. The van der Waals surface area contributed by atoms with Gasteiger partial charge in [0.05, 0.1) is 6.61 Å². The molecule has 0 saturated carbocycles. The van der Waals surface area contributed by atoms with Crippen molar-refractivity contribution in [1.82, 2.24) is 9.97 Å². The zero-order valence-corrected chi connectivity index (χ0v) is 24.3. The second-order valence-corrected chi connectivity index (χ2v) is 17.1. The molecule has 0 radical (unpaired) electrons. The number of aryl methyl sites for hydroxylation is 1. The first-order chi connectivity index (χ1) is 17.0. The molecule has 0 aliphatic carbocycles. The molecule has 4 heteroatoms. The Morgan fingerprint density at radius 1 is 0.657 bits per heavy atom. The highest BCUT2D eigenvalue weighted by Gasteiger charge is 2.11. The average Bonchev–Trinajstić information content (AvgIpc) is 2.85. The third-order valence-corrected chi connectivity index (χ3v) is 8.58. The molecule has 1 heterocycles. The van der Waals surface area contributed by atoms with Crippen molar-refractivity contribution in [2.75, 3.05) is 6.61 Å². The molecule has 2 aromatic rings. The van der Waals surface area contributed by atoms with Crippen molar-refractivity contribution in [3.63, 3.8) is 0 Å². The topological polar surface area (TPSA) is 35.0 Å². The number of unbranched alkanes of at least 4 members (excludes halogenated alkanes) is 12. The molecule has 2 rings (SSSR count). The van der Waals surface area contributed by atoms with E-state index < -0.39 is 8.07 Å². The van der Waals surface area contributed by atoms with E-state index in [1.54, 1.807) is 0 Å². The van der Waals surface area contributed by atoms with E-state index in [4.69, 9.17) is 4.74 Å². The summed E-state index contributed by atoms with van der Waals surface area (Å²) >= 11 is 0. The van der Waals surface area contributed by atoms with Gasteiger partial charge in [-0.25, -0.2) is 9.97 Å². The summed E-state index contributed by atoms with van der Waals surface area (Å²) in [6, 6.07) is 9.67. The van der Waals surface area contributed by atoms with Gasteiger partial charge >= 0.3 is 0 Å². The lowest BCUT2D eigenvalue weighted by Crippen LogP contribution is -2.18. The molecule has 0 N–H and O–H groups in total. The number of benzene rings is 1. The van der Waals surface area contributed by atoms with Crippen LogP contribution >= 0.6 is 0 Å². The largest absolute Gasteiger partial charge is 0.494 e. The molecule has 35 heavy (non-hydrogen) atoms. The van der Waals surface area contributed by atoms with Gasteiger partial charge in [0.15, 0.2) is 5.82 Å². The Bertz CT molecular complexity index is 768. The van der Waals surface area contributed by atoms with Crippen LogP contribution in [0, 0.1) is 0 Å². The summed E-state index contributed by atoms with van der Waals surface area (Å²) in [6.45, 7) is 10.5. The summed E-state index contributed by atoms with van der Waals surface area (Å²) in [5.41, 5.74) is 2.30. The van der Waals surface area contributed by atoms with Gasteiger partial charge in [0.2, 0.25) is 0 Å². The van der Waals surface area contributed by atoms with Crippen molar-refractivity contribution in [1.29, 1.82) is 0 Å². The van der Waals surface area contributed by atoms with Gasteiger partial charge in [-0.1, -0.05) is 110 Å². The zero-order valence-electron chi connectivity index (χ0n) is 23.3. The first-order valence-corrected chi connectivity index (χ1v) is 18.2. The molecule has 1 aromatic carbocycles. The molecule has 0 saturated heterocycles. The number of hydrogen-bond donors (Lipinski definition) is 0. The highest BCUT2D eigenvalue weighted by molar-refractivity contribution is 6.76. The Morgan fingerprint density at radius 2 is 1.20 bits per heavy atom. The van der Waals surface area contributed by atoms with Crippen LogP contribution in [0.3, 0.4) is 0 Å².